The van der Waals surface area contributed by atoms with Gasteiger partial charge in [0.15, 0.2) is 5.52 Å². The minimum absolute atomic E-state index is 0.0854. The number of aryl methyl sites for hydroxylation is 2. The Morgan fingerprint density at radius 2 is 1.88 bits per heavy atom. The van der Waals surface area contributed by atoms with Gasteiger partial charge < -0.3 is 0 Å². The van der Waals surface area contributed by atoms with E-state index >= 15 is 0 Å². The molecule has 9 heteroatoms. The van der Waals surface area contributed by atoms with Gasteiger partial charge in [0, 0.05) is 30.2 Å². The second-order valence-electron chi connectivity index (χ2n) is 5.99. The second kappa shape index (κ2) is 5.38. The van der Waals surface area contributed by atoms with Gasteiger partial charge >= 0.3 is 6.18 Å². The number of halogens is 3. The summed E-state index contributed by atoms with van der Waals surface area (Å²) in [6.45, 7) is 1.78. The van der Waals surface area contributed by atoms with E-state index < -0.39 is 17.4 Å². The van der Waals surface area contributed by atoms with Crippen molar-refractivity contribution < 1.29 is 13.2 Å². The van der Waals surface area contributed by atoms with E-state index in [1.807, 2.05) is 0 Å². The summed E-state index contributed by atoms with van der Waals surface area (Å²) in [5.74, 6) is 0. The Hall–Kier alpha value is -3.23. The van der Waals surface area contributed by atoms with E-state index in [0.29, 0.717) is 16.5 Å². The van der Waals surface area contributed by atoms with E-state index in [-0.39, 0.29) is 11.2 Å². The van der Waals surface area contributed by atoms with E-state index in [9.17, 15) is 18.0 Å². The molecule has 0 saturated carbocycles. The third kappa shape index (κ3) is 2.43. The van der Waals surface area contributed by atoms with Crippen molar-refractivity contribution in [3.05, 3.63) is 58.4 Å². The molecule has 0 radical (unpaired) electrons. The second-order valence-corrected chi connectivity index (χ2v) is 5.99. The van der Waals surface area contributed by atoms with E-state index in [1.165, 1.54) is 16.9 Å². The van der Waals surface area contributed by atoms with Gasteiger partial charge in [-0.1, -0.05) is 0 Å². The number of pyridine rings is 3. The van der Waals surface area contributed by atoms with E-state index in [4.69, 9.17) is 0 Å². The molecule has 4 aromatic heterocycles. The van der Waals surface area contributed by atoms with Gasteiger partial charge in [0.25, 0.3) is 5.56 Å². The SMILES string of the molecule is Cc1cncc(-n2c(=O)c3nn(C)cc3c3ccc(C(F)(F)F)nc32)c1. The number of hydrogen-bond donors (Lipinski definition) is 0. The maximum absolute atomic E-state index is 13.2. The lowest BCUT2D eigenvalue weighted by Crippen LogP contribution is -2.21. The fourth-order valence-corrected chi connectivity index (χ4v) is 2.93. The van der Waals surface area contributed by atoms with Crippen LogP contribution in [0.1, 0.15) is 11.3 Å². The van der Waals surface area contributed by atoms with Gasteiger partial charge in [-0.2, -0.15) is 18.3 Å². The van der Waals surface area contributed by atoms with Crippen LogP contribution in [0.5, 0.6) is 0 Å². The molecule has 0 N–H and O–H groups in total. The van der Waals surface area contributed by atoms with Gasteiger partial charge in [0.05, 0.1) is 11.9 Å². The number of nitrogens with zero attached hydrogens (tertiary/aromatic N) is 5. The molecular weight excluding hydrogens is 347 g/mol. The van der Waals surface area contributed by atoms with Crippen molar-refractivity contribution in [2.24, 2.45) is 7.05 Å². The Balaban J connectivity index is 2.22. The zero-order valence-corrected chi connectivity index (χ0v) is 13.7. The van der Waals surface area contributed by atoms with Crippen LogP contribution in [0.25, 0.3) is 27.6 Å². The summed E-state index contributed by atoms with van der Waals surface area (Å²) >= 11 is 0. The number of aromatic nitrogens is 5. The molecule has 4 heterocycles. The Labute approximate surface area is 144 Å². The molecule has 0 atom stereocenters. The molecule has 0 saturated heterocycles. The predicted octanol–water partition coefficient (Wildman–Crippen LogP) is 2.99. The Kier molecular flexibility index (Phi) is 3.36. The van der Waals surface area contributed by atoms with Crippen LogP contribution in [0, 0.1) is 6.92 Å². The average molecular weight is 359 g/mol. The van der Waals surface area contributed by atoms with Gasteiger partial charge in [-0.3, -0.25) is 19.0 Å². The highest BCUT2D eigenvalue weighted by atomic mass is 19.4. The molecule has 4 rings (SSSR count). The standard InChI is InChI=1S/C17H12F3N5O/c1-9-5-10(7-21-6-9)25-15-11(3-4-13(22-15)17(18,19)20)12-8-24(2)23-14(12)16(25)26/h3-8H,1-2H3. The lowest BCUT2D eigenvalue weighted by Gasteiger charge is -2.13. The van der Waals surface area contributed by atoms with Crippen molar-refractivity contribution >= 4 is 21.9 Å². The number of fused-ring (bicyclic) bond motifs is 3. The molecule has 0 aromatic carbocycles. The topological polar surface area (TPSA) is 65.6 Å². The predicted molar refractivity (Wildman–Crippen MR) is 89.1 cm³/mol. The average Bonchev–Trinajstić information content (AvgIpc) is 2.96. The van der Waals surface area contributed by atoms with Crippen LogP contribution >= 0.6 is 0 Å². The van der Waals surface area contributed by atoms with Gasteiger partial charge in [-0.25, -0.2) is 4.98 Å². The quantitative estimate of drug-likeness (QED) is 0.524. The van der Waals surface area contributed by atoms with Gasteiger partial charge in [-0.15, -0.1) is 0 Å². The Bertz CT molecular complexity index is 1220. The monoisotopic (exact) mass is 359 g/mol. The Morgan fingerprint density at radius 3 is 2.58 bits per heavy atom. The van der Waals surface area contributed by atoms with Crippen LogP contribution in [0.15, 0.2) is 41.6 Å². The molecule has 0 aliphatic rings. The van der Waals surface area contributed by atoms with E-state index in [1.54, 1.807) is 32.4 Å². The maximum atomic E-state index is 13.2. The first-order chi connectivity index (χ1) is 12.3. The summed E-state index contributed by atoms with van der Waals surface area (Å²) < 4.78 is 42.0. The van der Waals surface area contributed by atoms with Crippen LogP contribution in [-0.2, 0) is 13.2 Å². The zero-order chi connectivity index (χ0) is 18.6. The van der Waals surface area contributed by atoms with Crippen LogP contribution in [0.2, 0.25) is 0 Å². The molecule has 0 fully saturated rings. The third-order valence-electron chi connectivity index (χ3n) is 4.02. The van der Waals surface area contributed by atoms with Crippen LogP contribution in [-0.4, -0.2) is 24.3 Å². The minimum Gasteiger partial charge on any atom is -0.274 e. The van der Waals surface area contributed by atoms with Crippen molar-refractivity contribution in [3.8, 4) is 5.69 Å². The molecule has 132 valence electrons. The minimum atomic E-state index is -4.62. The largest absolute Gasteiger partial charge is 0.433 e. The molecule has 0 amide bonds. The first kappa shape index (κ1) is 16.2. The van der Waals surface area contributed by atoms with Crippen LogP contribution < -0.4 is 5.56 Å². The first-order valence-corrected chi connectivity index (χ1v) is 7.64. The highest BCUT2D eigenvalue weighted by Gasteiger charge is 2.33. The maximum Gasteiger partial charge on any atom is 0.433 e. The summed E-state index contributed by atoms with van der Waals surface area (Å²) in [7, 11) is 1.64. The number of alkyl halides is 3. The third-order valence-corrected chi connectivity index (χ3v) is 4.02. The number of hydrogen-bond acceptors (Lipinski definition) is 4. The molecule has 0 bridgehead atoms. The van der Waals surface area contributed by atoms with Crippen molar-refractivity contribution in [1.82, 2.24) is 24.3 Å². The molecule has 4 aromatic rings. The number of rotatable bonds is 1. The van der Waals surface area contributed by atoms with Crippen molar-refractivity contribution in [2.75, 3.05) is 0 Å². The smallest absolute Gasteiger partial charge is 0.274 e. The highest BCUT2D eigenvalue weighted by molar-refractivity contribution is 6.03. The molecule has 0 aliphatic heterocycles. The van der Waals surface area contributed by atoms with E-state index in [2.05, 4.69) is 15.1 Å². The molecular formula is C17H12F3N5O. The lowest BCUT2D eigenvalue weighted by atomic mass is 10.1. The fraction of sp³-hybridized carbons (Fsp3) is 0.176. The van der Waals surface area contributed by atoms with Gasteiger partial charge in [0.2, 0.25) is 0 Å². The zero-order valence-electron chi connectivity index (χ0n) is 13.7. The fourth-order valence-electron chi connectivity index (χ4n) is 2.93. The van der Waals surface area contributed by atoms with Crippen molar-refractivity contribution in [2.45, 2.75) is 13.1 Å². The molecule has 26 heavy (non-hydrogen) atoms. The molecule has 0 aliphatic carbocycles. The Morgan fingerprint density at radius 1 is 1.12 bits per heavy atom. The van der Waals surface area contributed by atoms with Crippen molar-refractivity contribution in [3.63, 3.8) is 0 Å². The van der Waals surface area contributed by atoms with Crippen LogP contribution in [0.4, 0.5) is 13.2 Å². The lowest BCUT2D eigenvalue weighted by molar-refractivity contribution is -0.141. The summed E-state index contributed by atoms with van der Waals surface area (Å²) in [5, 5.41) is 5.01. The normalized spacial score (nSPS) is 12.2. The molecule has 0 unspecified atom stereocenters. The highest BCUT2D eigenvalue weighted by Crippen LogP contribution is 2.31. The molecule has 6 nitrogen and oxygen atoms in total. The van der Waals surface area contributed by atoms with Crippen LogP contribution in [0.3, 0.4) is 0 Å². The van der Waals surface area contributed by atoms with E-state index in [0.717, 1.165) is 16.2 Å². The van der Waals surface area contributed by atoms with Gasteiger partial charge in [0.1, 0.15) is 11.3 Å². The van der Waals surface area contributed by atoms with Gasteiger partial charge in [-0.05, 0) is 30.7 Å². The summed E-state index contributed by atoms with van der Waals surface area (Å²) in [5.41, 5.74) is -0.454. The summed E-state index contributed by atoms with van der Waals surface area (Å²) in [4.78, 5) is 20.7. The summed E-state index contributed by atoms with van der Waals surface area (Å²) in [6.07, 6.45) is -0.0359. The first-order valence-electron chi connectivity index (χ1n) is 7.64. The molecule has 0 spiro atoms. The van der Waals surface area contributed by atoms with Crippen molar-refractivity contribution in [1.29, 1.82) is 0 Å². The summed E-state index contributed by atoms with van der Waals surface area (Å²) in [6, 6.07) is 3.87.